The van der Waals surface area contributed by atoms with Crippen molar-refractivity contribution < 1.29 is 4.74 Å². The van der Waals surface area contributed by atoms with Gasteiger partial charge in [0.05, 0.1) is 11.3 Å². The molecule has 1 fully saturated rings. The topological polar surface area (TPSA) is 39.1 Å². The number of aryl methyl sites for hydroxylation is 1. The fourth-order valence-electron chi connectivity index (χ4n) is 3.58. The maximum absolute atomic E-state index is 6.31. The average molecular weight is 293 g/mol. The Kier molecular flexibility index (Phi) is 6.24. The molecule has 1 heterocycles. The predicted molar refractivity (Wildman–Crippen MR) is 86.4 cm³/mol. The second kappa shape index (κ2) is 7.95. The first kappa shape index (κ1) is 16.5. The molecular weight excluding hydrogens is 262 g/mol. The van der Waals surface area contributed by atoms with Crippen LogP contribution in [0.3, 0.4) is 0 Å². The molecule has 1 aromatic heterocycles. The van der Waals surface area contributed by atoms with Crippen molar-refractivity contribution in [2.24, 2.45) is 7.05 Å². The van der Waals surface area contributed by atoms with Crippen molar-refractivity contribution in [3.63, 3.8) is 0 Å². The predicted octanol–water partition coefficient (Wildman–Crippen LogP) is 3.07. The van der Waals surface area contributed by atoms with E-state index < -0.39 is 0 Å². The van der Waals surface area contributed by atoms with Crippen LogP contribution in [0.4, 0.5) is 0 Å². The number of rotatable bonds is 8. The average Bonchev–Trinajstić information content (AvgIpc) is 2.90. The van der Waals surface area contributed by atoms with Crippen molar-refractivity contribution in [2.45, 2.75) is 70.4 Å². The Labute approximate surface area is 129 Å². The summed E-state index contributed by atoms with van der Waals surface area (Å²) in [4.78, 5) is 0. The molecule has 1 aromatic rings. The third-order valence-corrected chi connectivity index (χ3v) is 4.59. The Balaban J connectivity index is 2.14. The quantitative estimate of drug-likeness (QED) is 0.800. The summed E-state index contributed by atoms with van der Waals surface area (Å²) in [5, 5.41) is 8.31. The van der Waals surface area contributed by atoms with E-state index in [1.165, 1.54) is 32.1 Å². The van der Waals surface area contributed by atoms with Crippen LogP contribution >= 0.6 is 0 Å². The van der Waals surface area contributed by atoms with Crippen LogP contribution in [0.5, 0.6) is 0 Å². The fourth-order valence-corrected chi connectivity index (χ4v) is 3.58. The molecular formula is C17H31N3O. The molecule has 4 heteroatoms. The van der Waals surface area contributed by atoms with Gasteiger partial charge in [-0.05, 0) is 38.8 Å². The van der Waals surface area contributed by atoms with Gasteiger partial charge in [0, 0.05) is 32.3 Å². The van der Waals surface area contributed by atoms with Gasteiger partial charge in [0.1, 0.15) is 0 Å². The van der Waals surface area contributed by atoms with E-state index in [2.05, 4.69) is 30.3 Å². The smallest absolute Gasteiger partial charge is 0.0838 e. The van der Waals surface area contributed by atoms with E-state index in [1.807, 2.05) is 17.9 Å². The zero-order chi connectivity index (χ0) is 15.1. The second-order valence-electron chi connectivity index (χ2n) is 6.25. The van der Waals surface area contributed by atoms with E-state index >= 15 is 0 Å². The van der Waals surface area contributed by atoms with E-state index in [0.717, 1.165) is 31.7 Å². The molecule has 0 saturated heterocycles. The largest absolute Gasteiger partial charge is 0.374 e. The van der Waals surface area contributed by atoms with E-state index in [4.69, 9.17) is 4.74 Å². The number of hydrogen-bond donors (Lipinski definition) is 1. The lowest BCUT2D eigenvalue weighted by Crippen LogP contribution is -2.55. The third kappa shape index (κ3) is 4.30. The molecule has 0 spiro atoms. The minimum absolute atomic E-state index is 0.000306. The highest BCUT2D eigenvalue weighted by molar-refractivity contribution is 5.07. The van der Waals surface area contributed by atoms with Gasteiger partial charge in [0.15, 0.2) is 0 Å². The lowest BCUT2D eigenvalue weighted by Gasteiger charge is -2.43. The van der Waals surface area contributed by atoms with Gasteiger partial charge < -0.3 is 10.1 Å². The minimum atomic E-state index is -0.000306. The van der Waals surface area contributed by atoms with Crippen LogP contribution in [0.15, 0.2) is 12.3 Å². The maximum Gasteiger partial charge on any atom is 0.0838 e. The number of aromatic nitrogens is 2. The highest BCUT2D eigenvalue weighted by atomic mass is 16.5. The highest BCUT2D eigenvalue weighted by Crippen LogP contribution is 2.35. The van der Waals surface area contributed by atoms with E-state index in [9.17, 15) is 0 Å². The lowest BCUT2D eigenvalue weighted by atomic mass is 9.77. The molecule has 1 aliphatic carbocycles. The summed E-state index contributed by atoms with van der Waals surface area (Å²) in [6, 6.07) is 2.50. The van der Waals surface area contributed by atoms with E-state index in [-0.39, 0.29) is 5.60 Å². The zero-order valence-corrected chi connectivity index (χ0v) is 13.9. The van der Waals surface area contributed by atoms with Gasteiger partial charge in [-0.2, -0.15) is 5.10 Å². The van der Waals surface area contributed by atoms with Gasteiger partial charge in [0.2, 0.25) is 0 Å². The molecule has 1 atom stereocenters. The van der Waals surface area contributed by atoms with E-state index in [1.54, 1.807) is 0 Å². The Morgan fingerprint density at radius 2 is 2.10 bits per heavy atom. The van der Waals surface area contributed by atoms with Gasteiger partial charge in [-0.3, -0.25) is 4.68 Å². The fraction of sp³-hybridized carbons (Fsp3) is 0.824. The van der Waals surface area contributed by atoms with Gasteiger partial charge in [-0.1, -0.05) is 26.2 Å². The van der Waals surface area contributed by atoms with Gasteiger partial charge in [-0.25, -0.2) is 0 Å². The number of nitrogens with one attached hydrogen (secondary N) is 1. The van der Waals surface area contributed by atoms with Crippen molar-refractivity contribution >= 4 is 0 Å². The van der Waals surface area contributed by atoms with Gasteiger partial charge in [0.25, 0.3) is 0 Å². The molecule has 0 radical (unpaired) electrons. The first-order valence-corrected chi connectivity index (χ1v) is 8.56. The summed E-state index contributed by atoms with van der Waals surface area (Å²) in [6.07, 6.45) is 10.4. The highest BCUT2D eigenvalue weighted by Gasteiger charge is 2.40. The van der Waals surface area contributed by atoms with Crippen molar-refractivity contribution in [3.8, 4) is 0 Å². The number of hydrogen-bond acceptors (Lipinski definition) is 3. The van der Waals surface area contributed by atoms with Crippen LogP contribution in [-0.2, 0) is 18.2 Å². The molecule has 1 N–H and O–H groups in total. The molecule has 0 aromatic carbocycles. The van der Waals surface area contributed by atoms with Crippen molar-refractivity contribution in [3.05, 3.63) is 18.0 Å². The van der Waals surface area contributed by atoms with Crippen LogP contribution in [0.1, 0.15) is 58.1 Å². The van der Waals surface area contributed by atoms with Crippen LogP contribution in [-0.4, -0.2) is 34.6 Å². The SMILES string of the molecule is CCCNC(Cc1ccn(C)n1)C1(OCC)CCCCC1. The third-order valence-electron chi connectivity index (χ3n) is 4.59. The first-order chi connectivity index (χ1) is 10.2. The number of nitrogens with zero attached hydrogens (tertiary/aromatic N) is 2. The molecule has 21 heavy (non-hydrogen) atoms. The Bertz CT molecular complexity index is 404. The van der Waals surface area contributed by atoms with Gasteiger partial charge in [-0.15, -0.1) is 0 Å². The summed E-state index contributed by atoms with van der Waals surface area (Å²) >= 11 is 0. The minimum Gasteiger partial charge on any atom is -0.374 e. The molecule has 0 amide bonds. The molecule has 1 aliphatic rings. The summed E-state index contributed by atoms with van der Waals surface area (Å²) in [6.45, 7) is 6.19. The molecule has 4 nitrogen and oxygen atoms in total. The van der Waals surface area contributed by atoms with Gasteiger partial charge >= 0.3 is 0 Å². The Morgan fingerprint density at radius 3 is 2.67 bits per heavy atom. The Hall–Kier alpha value is -0.870. The molecule has 1 unspecified atom stereocenters. The first-order valence-electron chi connectivity index (χ1n) is 8.56. The summed E-state index contributed by atoms with van der Waals surface area (Å²) in [5.74, 6) is 0. The normalized spacial score (nSPS) is 19.6. The van der Waals surface area contributed by atoms with Crippen LogP contribution in [0.2, 0.25) is 0 Å². The molecule has 1 saturated carbocycles. The summed E-state index contributed by atoms with van der Waals surface area (Å²) in [5.41, 5.74) is 1.16. The Morgan fingerprint density at radius 1 is 1.33 bits per heavy atom. The summed E-state index contributed by atoms with van der Waals surface area (Å²) < 4.78 is 8.20. The number of ether oxygens (including phenoxy) is 1. The standard InChI is InChI=1S/C17H31N3O/c1-4-12-18-16(14-15-9-13-20(3)19-15)17(21-5-2)10-7-6-8-11-17/h9,13,16,18H,4-8,10-12,14H2,1-3H3. The zero-order valence-electron chi connectivity index (χ0n) is 13.9. The van der Waals surface area contributed by atoms with Crippen LogP contribution in [0, 0.1) is 0 Å². The summed E-state index contributed by atoms with van der Waals surface area (Å²) in [7, 11) is 1.98. The maximum atomic E-state index is 6.31. The van der Waals surface area contributed by atoms with Crippen molar-refractivity contribution in [1.82, 2.24) is 15.1 Å². The van der Waals surface area contributed by atoms with Crippen molar-refractivity contribution in [2.75, 3.05) is 13.2 Å². The monoisotopic (exact) mass is 293 g/mol. The molecule has 0 bridgehead atoms. The van der Waals surface area contributed by atoms with Crippen LogP contribution < -0.4 is 5.32 Å². The molecule has 120 valence electrons. The molecule has 0 aliphatic heterocycles. The lowest BCUT2D eigenvalue weighted by molar-refractivity contribution is -0.0898. The van der Waals surface area contributed by atoms with E-state index in [0.29, 0.717) is 6.04 Å². The molecule has 2 rings (SSSR count). The van der Waals surface area contributed by atoms with Crippen LogP contribution in [0.25, 0.3) is 0 Å². The van der Waals surface area contributed by atoms with Crippen molar-refractivity contribution in [1.29, 1.82) is 0 Å². The second-order valence-corrected chi connectivity index (χ2v) is 6.25.